The second-order valence-electron chi connectivity index (χ2n) is 8.55. The molecular formula is C22H32ClN3O3. The lowest BCUT2D eigenvalue weighted by atomic mass is 9.73. The van der Waals surface area contributed by atoms with Crippen molar-refractivity contribution in [2.45, 2.75) is 63.5 Å². The van der Waals surface area contributed by atoms with Gasteiger partial charge in [0.15, 0.2) is 5.54 Å². The van der Waals surface area contributed by atoms with Crippen LogP contribution in [0.5, 0.6) is 5.75 Å². The number of urea groups is 1. The maximum Gasteiger partial charge on any atom is 0.325 e. The zero-order valence-electron chi connectivity index (χ0n) is 17.9. The van der Waals surface area contributed by atoms with Gasteiger partial charge in [0.05, 0.1) is 0 Å². The number of halogens is 1. The van der Waals surface area contributed by atoms with Gasteiger partial charge in [0.2, 0.25) is 0 Å². The van der Waals surface area contributed by atoms with Gasteiger partial charge in [-0.15, -0.1) is 0 Å². The van der Waals surface area contributed by atoms with Crippen molar-refractivity contribution in [3.8, 4) is 5.75 Å². The van der Waals surface area contributed by atoms with Crippen molar-refractivity contribution in [3.05, 3.63) is 28.8 Å². The van der Waals surface area contributed by atoms with Crippen molar-refractivity contribution >= 4 is 23.5 Å². The number of carbonyl (C=O) groups excluding carboxylic acids is 2. The van der Waals surface area contributed by atoms with Crippen molar-refractivity contribution in [2.24, 2.45) is 0 Å². The first-order chi connectivity index (χ1) is 13.8. The number of nitrogens with zero attached hydrogens (tertiary/aromatic N) is 2. The standard InChI is InChI=1S/C22H32ClN3O3/c1-5-10-21(11-6-2)15-22(17-14-16(23)8-9-18(17)29-21)19(27)26(20(28)24-22)13-7-12-25(3)4/h8-9,14H,5-7,10-13,15H2,1-4H3,(H,24,28). The Morgan fingerprint density at radius 2 is 1.90 bits per heavy atom. The van der Waals surface area contributed by atoms with Gasteiger partial charge in [-0.05, 0) is 58.1 Å². The number of hydrogen-bond acceptors (Lipinski definition) is 4. The third-order valence-electron chi connectivity index (χ3n) is 5.89. The molecule has 1 N–H and O–H groups in total. The average Bonchev–Trinajstić information content (AvgIpc) is 2.87. The van der Waals surface area contributed by atoms with Crippen LogP contribution >= 0.6 is 11.6 Å². The molecule has 29 heavy (non-hydrogen) atoms. The highest BCUT2D eigenvalue weighted by molar-refractivity contribution is 6.30. The largest absolute Gasteiger partial charge is 0.487 e. The van der Waals surface area contributed by atoms with Gasteiger partial charge < -0.3 is 15.0 Å². The Labute approximate surface area is 178 Å². The first-order valence-corrected chi connectivity index (χ1v) is 10.9. The highest BCUT2D eigenvalue weighted by atomic mass is 35.5. The number of amides is 3. The molecule has 0 aliphatic carbocycles. The maximum absolute atomic E-state index is 13.7. The van der Waals surface area contributed by atoms with Gasteiger partial charge in [0.25, 0.3) is 5.91 Å². The fraction of sp³-hybridized carbons (Fsp3) is 0.636. The first kappa shape index (κ1) is 21.9. The summed E-state index contributed by atoms with van der Waals surface area (Å²) >= 11 is 6.27. The van der Waals surface area contributed by atoms with E-state index in [4.69, 9.17) is 16.3 Å². The topological polar surface area (TPSA) is 61.9 Å². The van der Waals surface area contributed by atoms with Gasteiger partial charge in [-0.3, -0.25) is 9.69 Å². The van der Waals surface area contributed by atoms with E-state index in [9.17, 15) is 9.59 Å². The molecule has 6 nitrogen and oxygen atoms in total. The Morgan fingerprint density at radius 1 is 1.21 bits per heavy atom. The Kier molecular flexibility index (Phi) is 6.44. The molecule has 1 saturated heterocycles. The van der Waals surface area contributed by atoms with E-state index in [1.54, 1.807) is 12.1 Å². The molecule has 7 heteroatoms. The van der Waals surface area contributed by atoms with Crippen LogP contribution < -0.4 is 10.1 Å². The van der Waals surface area contributed by atoms with Crippen molar-refractivity contribution < 1.29 is 14.3 Å². The Morgan fingerprint density at radius 3 is 2.52 bits per heavy atom. The van der Waals surface area contributed by atoms with E-state index in [-0.39, 0.29) is 11.9 Å². The fourth-order valence-electron chi connectivity index (χ4n) is 4.76. The predicted octanol–water partition coefficient (Wildman–Crippen LogP) is 4.16. The lowest BCUT2D eigenvalue weighted by molar-refractivity contribution is -0.135. The smallest absolute Gasteiger partial charge is 0.325 e. The van der Waals surface area contributed by atoms with Crippen LogP contribution in [0.15, 0.2) is 18.2 Å². The molecule has 1 atom stereocenters. The zero-order valence-corrected chi connectivity index (χ0v) is 18.6. The summed E-state index contributed by atoms with van der Waals surface area (Å²) in [6.07, 6.45) is 4.70. The van der Waals surface area contributed by atoms with Crippen molar-refractivity contribution in [1.29, 1.82) is 0 Å². The minimum Gasteiger partial charge on any atom is -0.487 e. The molecule has 2 aliphatic heterocycles. The van der Waals surface area contributed by atoms with Crippen molar-refractivity contribution in [3.63, 3.8) is 0 Å². The summed E-state index contributed by atoms with van der Waals surface area (Å²) in [6, 6.07) is 5.04. The SMILES string of the molecule is CCCC1(CCC)CC2(NC(=O)N(CCCN(C)C)C2=O)c2cc(Cl)ccc2O1. The van der Waals surface area contributed by atoms with Crippen LogP contribution in [0.3, 0.4) is 0 Å². The summed E-state index contributed by atoms with van der Waals surface area (Å²) in [7, 11) is 3.96. The number of ether oxygens (including phenoxy) is 1. The monoisotopic (exact) mass is 421 g/mol. The van der Waals surface area contributed by atoms with Gasteiger partial charge >= 0.3 is 6.03 Å². The van der Waals surface area contributed by atoms with Crippen LogP contribution in [0.2, 0.25) is 5.02 Å². The third kappa shape index (κ3) is 4.10. The van der Waals surface area contributed by atoms with Crippen molar-refractivity contribution in [1.82, 2.24) is 15.1 Å². The molecule has 0 radical (unpaired) electrons. The normalized spacial score (nSPS) is 22.8. The second-order valence-corrected chi connectivity index (χ2v) is 8.99. The number of rotatable bonds is 8. The number of benzene rings is 1. The third-order valence-corrected chi connectivity index (χ3v) is 6.12. The van der Waals surface area contributed by atoms with Gasteiger partial charge in [0, 0.05) is 23.6 Å². The summed E-state index contributed by atoms with van der Waals surface area (Å²) in [6.45, 7) is 5.45. The van der Waals surface area contributed by atoms with E-state index in [1.807, 2.05) is 25.1 Å². The molecule has 160 valence electrons. The van der Waals surface area contributed by atoms with E-state index >= 15 is 0 Å². The number of nitrogens with one attached hydrogen (secondary N) is 1. The van der Waals surface area contributed by atoms with Crippen LogP contribution in [0.4, 0.5) is 4.79 Å². The molecule has 1 unspecified atom stereocenters. The molecule has 1 aromatic carbocycles. The van der Waals surface area contributed by atoms with Gasteiger partial charge in [-0.2, -0.15) is 0 Å². The lowest BCUT2D eigenvalue weighted by Gasteiger charge is -2.46. The number of imide groups is 1. The van der Waals surface area contributed by atoms with Crippen LogP contribution in [0, 0.1) is 0 Å². The van der Waals surface area contributed by atoms with E-state index in [2.05, 4.69) is 19.2 Å². The van der Waals surface area contributed by atoms with Gasteiger partial charge in [-0.25, -0.2) is 4.79 Å². The Hall–Kier alpha value is -1.79. The van der Waals surface area contributed by atoms with E-state index < -0.39 is 11.1 Å². The molecule has 0 bridgehead atoms. The highest BCUT2D eigenvalue weighted by Gasteiger charge is 2.59. The molecule has 1 fully saturated rings. The number of hydrogen-bond donors (Lipinski definition) is 1. The van der Waals surface area contributed by atoms with Crippen LogP contribution in [0.25, 0.3) is 0 Å². The molecule has 2 heterocycles. The van der Waals surface area contributed by atoms with Crippen molar-refractivity contribution in [2.75, 3.05) is 27.2 Å². The summed E-state index contributed by atoms with van der Waals surface area (Å²) in [4.78, 5) is 29.9. The Bertz CT molecular complexity index is 777. The predicted molar refractivity (Wildman–Crippen MR) is 114 cm³/mol. The molecular weight excluding hydrogens is 390 g/mol. The van der Waals surface area contributed by atoms with Crippen LogP contribution in [0.1, 0.15) is 57.9 Å². The molecule has 1 spiro atoms. The Balaban J connectivity index is 2.02. The van der Waals surface area contributed by atoms with E-state index in [0.29, 0.717) is 29.3 Å². The molecule has 0 aromatic heterocycles. The first-order valence-electron chi connectivity index (χ1n) is 10.5. The lowest BCUT2D eigenvalue weighted by Crippen LogP contribution is -2.56. The minimum atomic E-state index is -1.11. The minimum absolute atomic E-state index is 0.190. The highest BCUT2D eigenvalue weighted by Crippen LogP contribution is 2.50. The quantitative estimate of drug-likeness (QED) is 0.640. The second kappa shape index (κ2) is 8.52. The van der Waals surface area contributed by atoms with E-state index in [1.165, 1.54) is 4.90 Å². The van der Waals surface area contributed by atoms with E-state index in [0.717, 1.165) is 38.6 Å². The molecule has 3 amide bonds. The van der Waals surface area contributed by atoms with Gasteiger partial charge in [0.1, 0.15) is 11.4 Å². The fourth-order valence-corrected chi connectivity index (χ4v) is 4.94. The summed E-state index contributed by atoms with van der Waals surface area (Å²) < 4.78 is 6.49. The average molecular weight is 422 g/mol. The number of fused-ring (bicyclic) bond motifs is 2. The van der Waals surface area contributed by atoms with Crippen LogP contribution in [-0.2, 0) is 10.3 Å². The molecule has 2 aliphatic rings. The summed E-state index contributed by atoms with van der Waals surface area (Å²) in [5.74, 6) is 0.455. The molecule has 0 saturated carbocycles. The maximum atomic E-state index is 13.7. The summed E-state index contributed by atoms with van der Waals surface area (Å²) in [5, 5.41) is 3.57. The number of carbonyl (C=O) groups is 2. The van der Waals surface area contributed by atoms with Crippen LogP contribution in [-0.4, -0.2) is 54.5 Å². The molecule has 3 rings (SSSR count). The summed E-state index contributed by atoms with van der Waals surface area (Å²) in [5.41, 5.74) is -0.924. The molecule has 1 aromatic rings. The zero-order chi connectivity index (χ0) is 21.2. The van der Waals surface area contributed by atoms with Gasteiger partial charge in [-0.1, -0.05) is 38.3 Å².